The van der Waals surface area contributed by atoms with Crippen LogP contribution in [0.2, 0.25) is 0 Å². The number of rotatable bonds is 2. The lowest BCUT2D eigenvalue weighted by atomic mass is 10.2. The molecule has 1 aliphatic rings. The minimum Gasteiger partial charge on any atom is -0.351 e. The fourth-order valence-corrected chi connectivity index (χ4v) is 3.52. The summed E-state index contributed by atoms with van der Waals surface area (Å²) >= 11 is 1.56. The van der Waals surface area contributed by atoms with Gasteiger partial charge in [-0.15, -0.1) is 11.3 Å². The molecule has 0 aromatic carbocycles. The maximum Gasteiger partial charge on any atom is 0.196 e. The number of fused-ring (bicyclic) bond motifs is 1. The molecule has 0 radical (unpaired) electrons. The number of carbonyl (C=O) groups is 1. The highest BCUT2D eigenvalue weighted by molar-refractivity contribution is 7.15. The van der Waals surface area contributed by atoms with Crippen molar-refractivity contribution in [2.75, 3.05) is 31.6 Å². The van der Waals surface area contributed by atoms with Gasteiger partial charge in [0.2, 0.25) is 0 Å². The zero-order valence-corrected chi connectivity index (χ0v) is 12.1. The first-order valence-corrected chi connectivity index (χ1v) is 7.44. The molecule has 0 N–H and O–H groups in total. The SMILES string of the molecule is CC1CN(C)CCCN1c1nc2sccn2c1C=O. The highest BCUT2D eigenvalue weighted by Gasteiger charge is 2.25. The van der Waals surface area contributed by atoms with Crippen molar-refractivity contribution in [3.63, 3.8) is 0 Å². The van der Waals surface area contributed by atoms with E-state index < -0.39 is 0 Å². The molecule has 6 heteroatoms. The van der Waals surface area contributed by atoms with Gasteiger partial charge in [0.15, 0.2) is 17.1 Å². The molecule has 3 rings (SSSR count). The lowest BCUT2D eigenvalue weighted by molar-refractivity contribution is 0.111. The molecule has 0 aliphatic carbocycles. The molecule has 102 valence electrons. The van der Waals surface area contributed by atoms with Gasteiger partial charge in [-0.2, -0.15) is 0 Å². The Balaban J connectivity index is 2.02. The first-order valence-electron chi connectivity index (χ1n) is 6.56. The first-order chi connectivity index (χ1) is 9.20. The Morgan fingerprint density at radius 1 is 1.47 bits per heavy atom. The maximum absolute atomic E-state index is 11.4. The quantitative estimate of drug-likeness (QED) is 0.785. The van der Waals surface area contributed by atoms with E-state index in [-0.39, 0.29) is 0 Å². The van der Waals surface area contributed by atoms with Crippen LogP contribution in [0.1, 0.15) is 23.8 Å². The van der Waals surface area contributed by atoms with Crippen LogP contribution in [-0.2, 0) is 0 Å². The summed E-state index contributed by atoms with van der Waals surface area (Å²) in [6.07, 6.45) is 3.93. The monoisotopic (exact) mass is 278 g/mol. The van der Waals surface area contributed by atoms with Crippen molar-refractivity contribution in [2.45, 2.75) is 19.4 Å². The van der Waals surface area contributed by atoms with Crippen LogP contribution in [0, 0.1) is 0 Å². The average molecular weight is 278 g/mol. The Morgan fingerprint density at radius 2 is 2.32 bits per heavy atom. The first kappa shape index (κ1) is 12.6. The number of nitrogens with zero attached hydrogens (tertiary/aromatic N) is 4. The summed E-state index contributed by atoms with van der Waals surface area (Å²) in [6, 6.07) is 0.371. The molecular formula is C13H18N4OS. The van der Waals surface area contributed by atoms with Gasteiger partial charge >= 0.3 is 0 Å². The number of imidazole rings is 1. The van der Waals surface area contributed by atoms with Crippen LogP contribution in [0.3, 0.4) is 0 Å². The number of aldehydes is 1. The number of likely N-dealkylation sites (N-methyl/N-ethyl adjacent to an activating group) is 1. The van der Waals surface area contributed by atoms with E-state index >= 15 is 0 Å². The van der Waals surface area contributed by atoms with E-state index in [1.54, 1.807) is 11.3 Å². The third-order valence-corrected chi connectivity index (χ3v) is 4.47. The molecule has 0 spiro atoms. The molecule has 3 heterocycles. The van der Waals surface area contributed by atoms with E-state index in [1.165, 1.54) is 0 Å². The van der Waals surface area contributed by atoms with Gasteiger partial charge in [0.25, 0.3) is 0 Å². The lowest BCUT2D eigenvalue weighted by Gasteiger charge is -2.28. The van der Waals surface area contributed by atoms with Gasteiger partial charge in [-0.05, 0) is 26.9 Å². The van der Waals surface area contributed by atoms with Crippen molar-refractivity contribution in [2.24, 2.45) is 0 Å². The summed E-state index contributed by atoms with van der Waals surface area (Å²) in [6.45, 7) is 5.25. The van der Waals surface area contributed by atoms with E-state index in [9.17, 15) is 4.79 Å². The van der Waals surface area contributed by atoms with Crippen molar-refractivity contribution in [3.05, 3.63) is 17.3 Å². The Kier molecular flexibility index (Phi) is 3.28. The molecule has 1 saturated heterocycles. The van der Waals surface area contributed by atoms with Crippen molar-refractivity contribution in [3.8, 4) is 0 Å². The Hall–Kier alpha value is -1.40. The van der Waals surface area contributed by atoms with Crippen molar-refractivity contribution in [1.82, 2.24) is 14.3 Å². The summed E-state index contributed by atoms with van der Waals surface area (Å²) in [5, 5.41) is 1.96. The van der Waals surface area contributed by atoms with E-state index in [0.29, 0.717) is 11.7 Å². The fourth-order valence-electron chi connectivity index (χ4n) is 2.80. The van der Waals surface area contributed by atoms with Gasteiger partial charge in [-0.1, -0.05) is 0 Å². The molecule has 2 aromatic rings. The van der Waals surface area contributed by atoms with E-state index in [0.717, 1.165) is 43.1 Å². The molecule has 1 aliphatic heterocycles. The molecule has 0 saturated carbocycles. The van der Waals surface area contributed by atoms with Gasteiger partial charge in [0.05, 0.1) is 0 Å². The van der Waals surface area contributed by atoms with Crippen molar-refractivity contribution in [1.29, 1.82) is 0 Å². The second kappa shape index (κ2) is 4.94. The summed E-state index contributed by atoms with van der Waals surface area (Å²) in [7, 11) is 2.15. The minimum atomic E-state index is 0.371. The summed E-state index contributed by atoms with van der Waals surface area (Å²) < 4.78 is 1.88. The van der Waals surface area contributed by atoms with Gasteiger partial charge in [0.1, 0.15) is 5.69 Å². The molecule has 0 bridgehead atoms. The van der Waals surface area contributed by atoms with E-state index in [1.807, 2.05) is 16.0 Å². The van der Waals surface area contributed by atoms with Crippen LogP contribution in [0.25, 0.3) is 4.96 Å². The number of thiazole rings is 1. The molecular weight excluding hydrogens is 260 g/mol. The lowest BCUT2D eigenvalue weighted by Crippen LogP contribution is -2.38. The van der Waals surface area contributed by atoms with Crippen LogP contribution >= 0.6 is 11.3 Å². The van der Waals surface area contributed by atoms with Gasteiger partial charge in [-0.25, -0.2) is 4.98 Å². The molecule has 1 fully saturated rings. The van der Waals surface area contributed by atoms with E-state index in [4.69, 9.17) is 0 Å². The number of hydrogen-bond donors (Lipinski definition) is 0. The fraction of sp³-hybridized carbons (Fsp3) is 0.538. The normalized spacial score (nSPS) is 21.8. The molecule has 1 unspecified atom stereocenters. The maximum atomic E-state index is 11.4. The van der Waals surface area contributed by atoms with Crippen LogP contribution < -0.4 is 4.90 Å². The van der Waals surface area contributed by atoms with Crippen LogP contribution in [0.5, 0.6) is 0 Å². The largest absolute Gasteiger partial charge is 0.351 e. The topological polar surface area (TPSA) is 40.9 Å². The summed E-state index contributed by atoms with van der Waals surface area (Å²) in [5.41, 5.74) is 0.674. The molecule has 2 aromatic heterocycles. The van der Waals surface area contributed by atoms with Gasteiger partial charge in [0, 0.05) is 30.7 Å². The Bertz CT molecular complexity index is 590. The zero-order chi connectivity index (χ0) is 13.4. The zero-order valence-electron chi connectivity index (χ0n) is 11.2. The van der Waals surface area contributed by atoms with Crippen LogP contribution in [-0.4, -0.2) is 53.3 Å². The molecule has 0 amide bonds. The van der Waals surface area contributed by atoms with Crippen molar-refractivity contribution >= 4 is 28.4 Å². The molecule has 1 atom stereocenters. The molecule has 5 nitrogen and oxygen atoms in total. The number of hydrogen-bond acceptors (Lipinski definition) is 5. The second-order valence-corrected chi connectivity index (χ2v) is 6.03. The highest BCUT2D eigenvalue weighted by atomic mass is 32.1. The number of aromatic nitrogens is 2. The van der Waals surface area contributed by atoms with Gasteiger partial charge < -0.3 is 9.80 Å². The van der Waals surface area contributed by atoms with Crippen molar-refractivity contribution < 1.29 is 4.79 Å². The third-order valence-electron chi connectivity index (χ3n) is 3.71. The highest BCUT2D eigenvalue weighted by Crippen LogP contribution is 2.26. The van der Waals surface area contributed by atoms with Gasteiger partial charge in [-0.3, -0.25) is 9.20 Å². The Labute approximate surface area is 116 Å². The average Bonchev–Trinajstić information content (AvgIpc) is 2.89. The second-order valence-electron chi connectivity index (χ2n) is 5.15. The summed E-state index contributed by atoms with van der Waals surface area (Å²) in [5.74, 6) is 0.838. The van der Waals surface area contributed by atoms with Crippen LogP contribution in [0.4, 0.5) is 5.82 Å². The predicted molar refractivity (Wildman–Crippen MR) is 77.4 cm³/mol. The standard InChI is InChI=1S/C13H18N4OS/c1-10-8-15(2)4-3-5-16(10)12-11(9-18)17-6-7-19-13(17)14-12/h6-7,9-10H,3-5,8H2,1-2H3. The Morgan fingerprint density at radius 3 is 3.11 bits per heavy atom. The third kappa shape index (κ3) is 2.15. The number of carbonyl (C=O) groups excluding carboxylic acids is 1. The summed E-state index contributed by atoms with van der Waals surface area (Å²) in [4.78, 5) is 21.5. The molecule has 19 heavy (non-hydrogen) atoms. The number of anilines is 1. The smallest absolute Gasteiger partial charge is 0.196 e. The van der Waals surface area contributed by atoms with Crippen LogP contribution in [0.15, 0.2) is 11.6 Å². The van der Waals surface area contributed by atoms with E-state index in [2.05, 4.69) is 28.8 Å². The minimum absolute atomic E-state index is 0.371. The predicted octanol–water partition coefficient (Wildman–Crippen LogP) is 1.74.